The van der Waals surface area contributed by atoms with Crippen LogP contribution in [-0.4, -0.2) is 12.5 Å². The Balaban J connectivity index is 2.40. The lowest BCUT2D eigenvalue weighted by Crippen LogP contribution is -2.31. The molecule has 2 N–H and O–H groups in total. The number of amides is 1. The first-order chi connectivity index (χ1) is 10.0. The zero-order valence-electron chi connectivity index (χ0n) is 11.6. The molecular weight excluding hydrogens is 352 g/mol. The van der Waals surface area contributed by atoms with Crippen molar-refractivity contribution in [2.75, 3.05) is 17.2 Å². The van der Waals surface area contributed by atoms with Gasteiger partial charge in [0, 0.05) is 22.4 Å². The Hall–Kier alpha value is -1.52. The fourth-order valence-electron chi connectivity index (χ4n) is 2.07. The van der Waals surface area contributed by atoms with Crippen LogP contribution < -0.4 is 10.6 Å². The Kier molecular flexibility index (Phi) is 5.26. The summed E-state index contributed by atoms with van der Waals surface area (Å²) in [5.41, 5.74) is 7.70. The van der Waals surface area contributed by atoms with E-state index < -0.39 is 0 Å². The van der Waals surface area contributed by atoms with Gasteiger partial charge in [0.25, 0.3) is 5.91 Å². The number of nitrogens with two attached hydrogens (primary N) is 1. The molecule has 0 heterocycles. The first-order valence-corrected chi connectivity index (χ1v) is 7.82. The summed E-state index contributed by atoms with van der Waals surface area (Å²) in [6.45, 7) is 2.63. The number of halogens is 2. The van der Waals surface area contributed by atoms with Crippen molar-refractivity contribution < 1.29 is 4.79 Å². The molecule has 0 saturated heterocycles. The van der Waals surface area contributed by atoms with Crippen molar-refractivity contribution in [3.63, 3.8) is 0 Å². The first kappa shape index (κ1) is 15.9. The second-order valence-electron chi connectivity index (χ2n) is 4.68. The summed E-state index contributed by atoms with van der Waals surface area (Å²) in [6, 6.07) is 12.6. The van der Waals surface area contributed by atoms with Gasteiger partial charge in [-0.25, -0.2) is 0 Å². The average Bonchev–Trinajstić information content (AvgIpc) is 2.44. The van der Waals surface area contributed by atoms with E-state index in [1.165, 1.54) is 0 Å². The van der Waals surface area contributed by atoms with Crippen LogP contribution in [0.2, 0.25) is 5.02 Å². The van der Waals surface area contributed by atoms with Gasteiger partial charge in [-0.05, 0) is 42.8 Å². The van der Waals surface area contributed by atoms with Gasteiger partial charge in [0.1, 0.15) is 0 Å². The van der Waals surface area contributed by atoms with Crippen molar-refractivity contribution in [2.24, 2.45) is 0 Å². The van der Waals surface area contributed by atoms with Gasteiger partial charge in [0.2, 0.25) is 0 Å². The lowest BCUT2D eigenvalue weighted by Gasteiger charge is -2.23. The van der Waals surface area contributed by atoms with Gasteiger partial charge in [0.15, 0.2) is 0 Å². The molecule has 2 rings (SSSR count). The maximum Gasteiger partial charge on any atom is 0.259 e. The van der Waals surface area contributed by atoms with Crippen LogP contribution in [0.25, 0.3) is 0 Å². The molecule has 3 nitrogen and oxygen atoms in total. The smallest absolute Gasteiger partial charge is 0.259 e. The van der Waals surface area contributed by atoms with Crippen molar-refractivity contribution in [3.8, 4) is 0 Å². The van der Waals surface area contributed by atoms with Gasteiger partial charge in [-0.3, -0.25) is 4.79 Å². The van der Waals surface area contributed by atoms with Crippen LogP contribution in [0.4, 0.5) is 11.4 Å². The second-order valence-corrected chi connectivity index (χ2v) is 6.00. The van der Waals surface area contributed by atoms with E-state index in [4.69, 9.17) is 17.3 Å². The predicted molar refractivity (Wildman–Crippen MR) is 92.0 cm³/mol. The number of anilines is 2. The molecule has 0 bridgehead atoms. The third kappa shape index (κ3) is 3.77. The number of carbonyl (C=O) groups is 1. The highest BCUT2D eigenvalue weighted by Crippen LogP contribution is 2.26. The molecular formula is C16H16BrClN2O. The first-order valence-electron chi connectivity index (χ1n) is 6.65. The molecule has 0 fully saturated rings. The molecule has 0 spiro atoms. The summed E-state index contributed by atoms with van der Waals surface area (Å²) in [5.74, 6) is -0.125. The summed E-state index contributed by atoms with van der Waals surface area (Å²) < 4.78 is 0.843. The lowest BCUT2D eigenvalue weighted by atomic mass is 10.1. The predicted octanol–water partition coefficient (Wildman–Crippen LogP) is 4.74. The SMILES string of the molecule is CCCN(C(=O)c1ccc(Br)cc1Cl)c1cccc(N)c1. The van der Waals surface area contributed by atoms with Gasteiger partial charge in [-0.1, -0.05) is 40.5 Å². The fraction of sp³-hybridized carbons (Fsp3) is 0.188. The van der Waals surface area contributed by atoms with E-state index in [0.717, 1.165) is 16.6 Å². The minimum Gasteiger partial charge on any atom is -0.399 e. The van der Waals surface area contributed by atoms with Crippen LogP contribution in [0.3, 0.4) is 0 Å². The minimum absolute atomic E-state index is 0.125. The quantitative estimate of drug-likeness (QED) is 0.793. The molecule has 0 aliphatic heterocycles. The van der Waals surface area contributed by atoms with Gasteiger partial charge < -0.3 is 10.6 Å². The summed E-state index contributed by atoms with van der Waals surface area (Å²) in [5, 5.41) is 0.430. The molecule has 110 valence electrons. The van der Waals surface area contributed by atoms with E-state index in [0.29, 0.717) is 22.8 Å². The normalized spacial score (nSPS) is 10.4. The molecule has 0 radical (unpaired) electrons. The van der Waals surface area contributed by atoms with Crippen LogP contribution in [0.1, 0.15) is 23.7 Å². The number of nitrogens with zero attached hydrogens (tertiary/aromatic N) is 1. The molecule has 21 heavy (non-hydrogen) atoms. The average molecular weight is 368 g/mol. The molecule has 0 unspecified atom stereocenters. The number of hydrogen-bond acceptors (Lipinski definition) is 2. The van der Waals surface area contributed by atoms with Crippen molar-refractivity contribution in [1.82, 2.24) is 0 Å². The monoisotopic (exact) mass is 366 g/mol. The molecule has 0 aromatic heterocycles. The third-order valence-electron chi connectivity index (χ3n) is 3.04. The highest BCUT2D eigenvalue weighted by atomic mass is 79.9. The standard InChI is InChI=1S/C16H16BrClN2O/c1-2-8-20(13-5-3-4-12(19)10-13)16(21)14-7-6-11(17)9-15(14)18/h3-7,9-10H,2,8,19H2,1H3. The van der Waals surface area contributed by atoms with Gasteiger partial charge in [-0.15, -0.1) is 0 Å². The molecule has 0 saturated carbocycles. The largest absolute Gasteiger partial charge is 0.399 e. The van der Waals surface area contributed by atoms with Gasteiger partial charge in [-0.2, -0.15) is 0 Å². The molecule has 2 aromatic rings. The summed E-state index contributed by atoms with van der Waals surface area (Å²) in [7, 11) is 0. The number of rotatable bonds is 4. The second kappa shape index (κ2) is 6.96. The topological polar surface area (TPSA) is 46.3 Å². The van der Waals surface area contributed by atoms with Gasteiger partial charge >= 0.3 is 0 Å². The zero-order chi connectivity index (χ0) is 15.4. The fourth-order valence-corrected chi connectivity index (χ4v) is 2.83. The number of carbonyl (C=O) groups excluding carboxylic acids is 1. The molecule has 0 aliphatic carbocycles. The third-order valence-corrected chi connectivity index (χ3v) is 3.84. The minimum atomic E-state index is -0.125. The Morgan fingerprint density at radius 2 is 2.05 bits per heavy atom. The van der Waals surface area contributed by atoms with Crippen molar-refractivity contribution in [2.45, 2.75) is 13.3 Å². The van der Waals surface area contributed by atoms with Gasteiger partial charge in [0.05, 0.1) is 10.6 Å². The van der Waals surface area contributed by atoms with Crippen LogP contribution in [-0.2, 0) is 0 Å². The molecule has 0 aliphatic rings. The Labute approximate surface area is 137 Å². The van der Waals surface area contributed by atoms with Crippen LogP contribution >= 0.6 is 27.5 Å². The van der Waals surface area contributed by atoms with Crippen molar-refractivity contribution in [1.29, 1.82) is 0 Å². The van der Waals surface area contributed by atoms with Crippen molar-refractivity contribution >= 4 is 44.8 Å². The lowest BCUT2D eigenvalue weighted by molar-refractivity contribution is 0.0987. The number of hydrogen-bond donors (Lipinski definition) is 1. The van der Waals surface area contributed by atoms with E-state index in [1.807, 2.05) is 25.1 Å². The zero-order valence-corrected chi connectivity index (χ0v) is 14.0. The highest BCUT2D eigenvalue weighted by molar-refractivity contribution is 9.10. The molecule has 5 heteroatoms. The number of benzene rings is 2. The summed E-state index contributed by atoms with van der Waals surface area (Å²) in [6.07, 6.45) is 0.842. The molecule has 1 amide bonds. The van der Waals surface area contributed by atoms with Crippen molar-refractivity contribution in [3.05, 3.63) is 57.5 Å². The maximum atomic E-state index is 12.8. The Morgan fingerprint density at radius 3 is 2.67 bits per heavy atom. The maximum absolute atomic E-state index is 12.8. The van der Waals surface area contributed by atoms with Crippen LogP contribution in [0.15, 0.2) is 46.9 Å². The molecule has 2 aromatic carbocycles. The Morgan fingerprint density at radius 1 is 1.29 bits per heavy atom. The Bertz CT molecular complexity index is 660. The highest BCUT2D eigenvalue weighted by Gasteiger charge is 2.19. The van der Waals surface area contributed by atoms with E-state index in [-0.39, 0.29) is 5.91 Å². The van der Waals surface area contributed by atoms with E-state index in [1.54, 1.807) is 29.2 Å². The van der Waals surface area contributed by atoms with Crippen LogP contribution in [0, 0.1) is 0 Å². The van der Waals surface area contributed by atoms with E-state index in [2.05, 4.69) is 15.9 Å². The van der Waals surface area contributed by atoms with E-state index >= 15 is 0 Å². The summed E-state index contributed by atoms with van der Waals surface area (Å²) in [4.78, 5) is 14.5. The summed E-state index contributed by atoms with van der Waals surface area (Å²) >= 11 is 9.53. The van der Waals surface area contributed by atoms with E-state index in [9.17, 15) is 4.79 Å². The molecule has 0 atom stereocenters. The van der Waals surface area contributed by atoms with Crippen LogP contribution in [0.5, 0.6) is 0 Å². The number of nitrogen functional groups attached to an aromatic ring is 1.